The molecule has 1 aromatic heterocycles. The van der Waals surface area contributed by atoms with E-state index in [1.54, 1.807) is 0 Å². The average Bonchev–Trinajstić information content (AvgIpc) is 2.61. The summed E-state index contributed by atoms with van der Waals surface area (Å²) < 4.78 is 0. The quantitative estimate of drug-likeness (QED) is 0.826. The van der Waals surface area contributed by atoms with Crippen LogP contribution in [-0.4, -0.2) is 29.6 Å². The highest BCUT2D eigenvalue weighted by atomic mass is 35.5. The number of nitrogens with one attached hydrogen (secondary N) is 2. The van der Waals surface area contributed by atoms with Gasteiger partial charge in [-0.25, -0.2) is 9.97 Å². The first-order chi connectivity index (χ1) is 11.7. The van der Waals surface area contributed by atoms with Crippen LogP contribution in [0.15, 0.2) is 30.3 Å². The molecule has 2 aromatic rings. The second-order valence-corrected chi connectivity index (χ2v) is 6.84. The van der Waals surface area contributed by atoms with Gasteiger partial charge >= 0.3 is 0 Å². The van der Waals surface area contributed by atoms with Gasteiger partial charge in [-0.2, -0.15) is 0 Å². The smallest absolute Gasteiger partial charge is 0.161 e. The van der Waals surface area contributed by atoms with Crippen LogP contribution in [0.1, 0.15) is 31.9 Å². The van der Waals surface area contributed by atoms with E-state index in [-0.39, 0.29) is 0 Å². The van der Waals surface area contributed by atoms with E-state index in [1.165, 1.54) is 12.8 Å². The summed E-state index contributed by atoms with van der Waals surface area (Å²) in [6.45, 7) is 5.37. The molecule has 128 valence electrons. The topological polar surface area (TPSA) is 49.8 Å². The highest BCUT2D eigenvalue weighted by molar-refractivity contribution is 6.30. The zero-order chi connectivity index (χ0) is 16.8. The van der Waals surface area contributed by atoms with Crippen LogP contribution in [-0.2, 0) is 6.42 Å². The third-order valence-electron chi connectivity index (χ3n) is 4.40. The van der Waals surface area contributed by atoms with E-state index in [4.69, 9.17) is 21.6 Å². The van der Waals surface area contributed by atoms with Gasteiger partial charge in [0.05, 0.1) is 0 Å². The molecule has 0 spiro atoms. The largest absolute Gasteiger partial charge is 0.370 e. The van der Waals surface area contributed by atoms with Gasteiger partial charge in [-0.3, -0.25) is 0 Å². The van der Waals surface area contributed by atoms with Crippen molar-refractivity contribution < 1.29 is 0 Å². The van der Waals surface area contributed by atoms with Crippen molar-refractivity contribution in [1.82, 2.24) is 15.3 Å². The van der Waals surface area contributed by atoms with Crippen molar-refractivity contribution in [1.29, 1.82) is 0 Å². The number of halogens is 1. The van der Waals surface area contributed by atoms with Gasteiger partial charge in [-0.1, -0.05) is 37.1 Å². The Balaban J connectivity index is 1.79. The van der Waals surface area contributed by atoms with E-state index in [0.717, 1.165) is 55.4 Å². The van der Waals surface area contributed by atoms with Gasteiger partial charge < -0.3 is 10.6 Å². The molecule has 0 bridgehead atoms. The fourth-order valence-electron chi connectivity index (χ4n) is 3.06. The lowest BCUT2D eigenvalue weighted by molar-refractivity contribution is 0.389. The van der Waals surface area contributed by atoms with Gasteiger partial charge in [0.15, 0.2) is 5.82 Å². The minimum atomic E-state index is 0.709. The van der Waals surface area contributed by atoms with Crippen LogP contribution in [0.5, 0.6) is 0 Å². The van der Waals surface area contributed by atoms with Crippen LogP contribution in [0, 0.1) is 5.92 Å². The maximum atomic E-state index is 6.12. The highest BCUT2D eigenvalue weighted by Crippen LogP contribution is 2.22. The second-order valence-electron chi connectivity index (χ2n) is 6.40. The Hall–Kier alpha value is -1.65. The summed E-state index contributed by atoms with van der Waals surface area (Å²) >= 11 is 6.12. The Morgan fingerprint density at radius 3 is 2.79 bits per heavy atom. The number of anilines is 1. The van der Waals surface area contributed by atoms with Crippen LogP contribution >= 0.6 is 11.6 Å². The van der Waals surface area contributed by atoms with Crippen LogP contribution < -0.4 is 10.6 Å². The standard InChI is InChI=1S/C19H25ClN4/c1-2-4-17-12-18(22-13-14-7-9-21-10-8-14)24-19(23-17)15-5-3-6-16(20)11-15/h3,5-6,11-12,14,21H,2,4,7-10,13H2,1H3,(H,22,23,24). The molecular weight excluding hydrogens is 320 g/mol. The van der Waals surface area contributed by atoms with Crippen molar-refractivity contribution in [2.75, 3.05) is 25.0 Å². The predicted molar refractivity (Wildman–Crippen MR) is 101 cm³/mol. The first-order valence-electron chi connectivity index (χ1n) is 8.83. The van der Waals surface area contributed by atoms with E-state index >= 15 is 0 Å². The van der Waals surface area contributed by atoms with Crippen molar-refractivity contribution in [2.24, 2.45) is 5.92 Å². The maximum absolute atomic E-state index is 6.12. The summed E-state index contributed by atoms with van der Waals surface area (Å²) in [5, 5.41) is 7.64. The Labute approximate surface area is 149 Å². The Morgan fingerprint density at radius 1 is 1.21 bits per heavy atom. The van der Waals surface area contributed by atoms with Gasteiger partial charge in [0.2, 0.25) is 0 Å². The maximum Gasteiger partial charge on any atom is 0.161 e. The van der Waals surface area contributed by atoms with Crippen LogP contribution in [0.4, 0.5) is 5.82 Å². The minimum Gasteiger partial charge on any atom is -0.370 e. The van der Waals surface area contributed by atoms with Crippen molar-refractivity contribution in [3.05, 3.63) is 41.0 Å². The first kappa shape index (κ1) is 17.2. The molecule has 0 aliphatic carbocycles. The number of benzene rings is 1. The molecule has 1 saturated heterocycles. The molecule has 24 heavy (non-hydrogen) atoms. The molecule has 1 aliphatic heterocycles. The van der Waals surface area contributed by atoms with Gasteiger partial charge in [0.25, 0.3) is 0 Å². The Kier molecular flexibility index (Phi) is 6.05. The molecule has 3 rings (SSSR count). The van der Waals surface area contributed by atoms with E-state index in [2.05, 4.69) is 23.6 Å². The summed E-state index contributed by atoms with van der Waals surface area (Å²) in [5.74, 6) is 2.38. The summed E-state index contributed by atoms with van der Waals surface area (Å²) in [6, 6.07) is 9.82. The first-order valence-corrected chi connectivity index (χ1v) is 9.21. The molecule has 1 aromatic carbocycles. The van der Waals surface area contributed by atoms with Gasteiger partial charge in [0, 0.05) is 28.9 Å². The average molecular weight is 345 g/mol. The number of hydrogen-bond donors (Lipinski definition) is 2. The van der Waals surface area contributed by atoms with Crippen LogP contribution in [0.2, 0.25) is 5.02 Å². The van der Waals surface area contributed by atoms with E-state index in [9.17, 15) is 0 Å². The summed E-state index contributed by atoms with van der Waals surface area (Å²) in [4.78, 5) is 9.42. The zero-order valence-electron chi connectivity index (χ0n) is 14.2. The van der Waals surface area contributed by atoms with E-state index in [1.807, 2.05) is 24.3 Å². The van der Waals surface area contributed by atoms with E-state index < -0.39 is 0 Å². The lowest BCUT2D eigenvalue weighted by Gasteiger charge is -2.23. The molecule has 0 unspecified atom stereocenters. The lowest BCUT2D eigenvalue weighted by atomic mass is 9.98. The van der Waals surface area contributed by atoms with Crippen molar-refractivity contribution in [2.45, 2.75) is 32.6 Å². The van der Waals surface area contributed by atoms with Gasteiger partial charge in [-0.15, -0.1) is 0 Å². The van der Waals surface area contributed by atoms with Crippen LogP contribution in [0.3, 0.4) is 0 Å². The molecule has 0 radical (unpaired) electrons. The predicted octanol–water partition coefficient (Wildman–Crippen LogP) is 4.16. The van der Waals surface area contributed by atoms with Crippen LogP contribution in [0.25, 0.3) is 11.4 Å². The summed E-state index contributed by atoms with van der Waals surface area (Å²) in [5.41, 5.74) is 2.04. The summed E-state index contributed by atoms with van der Waals surface area (Å²) in [6.07, 6.45) is 4.47. The SMILES string of the molecule is CCCc1cc(NCC2CCNCC2)nc(-c2cccc(Cl)c2)n1. The van der Waals surface area contributed by atoms with Crippen molar-refractivity contribution in [3.63, 3.8) is 0 Å². The normalized spacial score (nSPS) is 15.4. The molecule has 5 heteroatoms. The molecule has 0 atom stereocenters. The van der Waals surface area contributed by atoms with Gasteiger partial charge in [0.1, 0.15) is 5.82 Å². The number of piperidine rings is 1. The van der Waals surface area contributed by atoms with Gasteiger partial charge in [-0.05, 0) is 50.4 Å². The molecular formula is C19H25ClN4. The van der Waals surface area contributed by atoms with Crippen molar-refractivity contribution >= 4 is 17.4 Å². The highest BCUT2D eigenvalue weighted by Gasteiger charge is 2.13. The zero-order valence-corrected chi connectivity index (χ0v) is 14.9. The summed E-state index contributed by atoms with van der Waals surface area (Å²) in [7, 11) is 0. The third-order valence-corrected chi connectivity index (χ3v) is 4.63. The molecule has 1 fully saturated rings. The Bertz CT molecular complexity index is 668. The molecule has 4 nitrogen and oxygen atoms in total. The molecule has 1 aliphatic rings. The fraction of sp³-hybridized carbons (Fsp3) is 0.474. The molecule has 0 saturated carbocycles. The molecule has 2 heterocycles. The fourth-order valence-corrected chi connectivity index (χ4v) is 3.25. The number of hydrogen-bond acceptors (Lipinski definition) is 4. The lowest BCUT2D eigenvalue weighted by Crippen LogP contribution is -2.31. The number of aryl methyl sites for hydroxylation is 1. The third kappa shape index (κ3) is 4.68. The number of aromatic nitrogens is 2. The second kappa shape index (κ2) is 8.45. The number of rotatable bonds is 6. The minimum absolute atomic E-state index is 0.709. The monoisotopic (exact) mass is 344 g/mol. The molecule has 2 N–H and O–H groups in total. The number of nitrogens with zero attached hydrogens (tertiary/aromatic N) is 2. The Morgan fingerprint density at radius 2 is 2.04 bits per heavy atom. The van der Waals surface area contributed by atoms with Crippen molar-refractivity contribution in [3.8, 4) is 11.4 Å². The van der Waals surface area contributed by atoms with E-state index in [0.29, 0.717) is 10.9 Å². The molecule has 0 amide bonds.